The van der Waals surface area contributed by atoms with Gasteiger partial charge in [0.25, 0.3) is 0 Å². The van der Waals surface area contributed by atoms with Crippen molar-refractivity contribution in [1.29, 1.82) is 0 Å². The molecule has 0 fully saturated rings. The standard InChI is InChI=1S/C15H11FN2O2/c1-10-17-6-7-18(10)14-4-2-11(8-13(14)16)15-5-3-12(9-19)20-15/h2-9H,1H3. The minimum Gasteiger partial charge on any atom is -0.453 e. The van der Waals surface area contributed by atoms with Crippen LogP contribution in [0.5, 0.6) is 0 Å². The van der Waals surface area contributed by atoms with E-state index in [1.165, 1.54) is 6.07 Å². The molecule has 2 heterocycles. The molecule has 20 heavy (non-hydrogen) atoms. The number of aldehydes is 1. The number of rotatable bonds is 3. The predicted molar refractivity (Wildman–Crippen MR) is 71.3 cm³/mol. The van der Waals surface area contributed by atoms with Gasteiger partial charge in [0.2, 0.25) is 0 Å². The molecule has 3 rings (SSSR count). The molecule has 0 amide bonds. The Morgan fingerprint density at radius 1 is 1.30 bits per heavy atom. The average Bonchev–Trinajstić information content (AvgIpc) is 3.07. The third-order valence-electron chi connectivity index (χ3n) is 3.06. The quantitative estimate of drug-likeness (QED) is 0.685. The van der Waals surface area contributed by atoms with Gasteiger partial charge in [-0.1, -0.05) is 0 Å². The van der Waals surface area contributed by atoms with Gasteiger partial charge in [0.15, 0.2) is 12.0 Å². The van der Waals surface area contributed by atoms with E-state index in [0.29, 0.717) is 29.1 Å². The number of aromatic nitrogens is 2. The summed E-state index contributed by atoms with van der Waals surface area (Å²) in [6, 6.07) is 7.96. The summed E-state index contributed by atoms with van der Waals surface area (Å²) < 4.78 is 21.1. The number of nitrogens with zero attached hydrogens (tertiary/aromatic N) is 2. The number of carbonyl (C=O) groups excluding carboxylic acids is 1. The van der Waals surface area contributed by atoms with E-state index in [-0.39, 0.29) is 11.6 Å². The molecule has 1 aromatic carbocycles. The molecule has 2 aromatic heterocycles. The molecule has 0 spiro atoms. The molecule has 4 nitrogen and oxygen atoms in total. The lowest BCUT2D eigenvalue weighted by Crippen LogP contribution is -1.99. The largest absolute Gasteiger partial charge is 0.453 e. The molecule has 3 aromatic rings. The first-order chi connectivity index (χ1) is 9.69. The highest BCUT2D eigenvalue weighted by molar-refractivity contribution is 5.73. The molecule has 0 saturated heterocycles. The van der Waals surface area contributed by atoms with E-state index in [2.05, 4.69) is 4.98 Å². The fourth-order valence-corrected chi connectivity index (χ4v) is 2.06. The van der Waals surface area contributed by atoms with Gasteiger partial charge in [0.1, 0.15) is 17.4 Å². The van der Waals surface area contributed by atoms with Crippen LogP contribution in [0.3, 0.4) is 0 Å². The van der Waals surface area contributed by atoms with Crippen molar-refractivity contribution >= 4 is 6.29 Å². The summed E-state index contributed by atoms with van der Waals surface area (Å²) in [6.45, 7) is 1.80. The predicted octanol–water partition coefficient (Wildman–Crippen LogP) is 3.39. The van der Waals surface area contributed by atoms with Gasteiger partial charge < -0.3 is 8.98 Å². The summed E-state index contributed by atoms with van der Waals surface area (Å²) in [7, 11) is 0. The monoisotopic (exact) mass is 270 g/mol. The lowest BCUT2D eigenvalue weighted by atomic mass is 10.1. The highest BCUT2D eigenvalue weighted by Crippen LogP contribution is 2.25. The molecule has 0 atom stereocenters. The molecule has 0 aliphatic rings. The Morgan fingerprint density at radius 2 is 2.15 bits per heavy atom. The maximum atomic E-state index is 14.2. The van der Waals surface area contributed by atoms with E-state index in [1.807, 2.05) is 0 Å². The fraction of sp³-hybridized carbons (Fsp3) is 0.0667. The van der Waals surface area contributed by atoms with Crippen molar-refractivity contribution < 1.29 is 13.6 Å². The number of imidazole rings is 1. The first kappa shape index (κ1) is 12.3. The van der Waals surface area contributed by atoms with Crippen LogP contribution in [-0.4, -0.2) is 15.8 Å². The highest BCUT2D eigenvalue weighted by Gasteiger charge is 2.10. The molecule has 0 unspecified atom stereocenters. The van der Waals surface area contributed by atoms with E-state index < -0.39 is 0 Å². The third-order valence-corrected chi connectivity index (χ3v) is 3.06. The lowest BCUT2D eigenvalue weighted by Gasteiger charge is -2.07. The van der Waals surface area contributed by atoms with E-state index in [9.17, 15) is 9.18 Å². The molecule has 0 N–H and O–H groups in total. The number of hydrogen-bond donors (Lipinski definition) is 0. The molecule has 0 aliphatic carbocycles. The van der Waals surface area contributed by atoms with E-state index in [0.717, 1.165) is 0 Å². The molecular weight excluding hydrogens is 259 g/mol. The minimum absolute atomic E-state index is 0.218. The second-order valence-electron chi connectivity index (χ2n) is 4.33. The number of benzene rings is 1. The average molecular weight is 270 g/mol. The minimum atomic E-state index is -0.382. The van der Waals surface area contributed by atoms with Crippen molar-refractivity contribution in [3.63, 3.8) is 0 Å². The summed E-state index contributed by atoms with van der Waals surface area (Å²) in [6.07, 6.45) is 3.93. The van der Waals surface area contributed by atoms with Crippen molar-refractivity contribution in [2.75, 3.05) is 0 Å². The normalized spacial score (nSPS) is 10.7. The maximum absolute atomic E-state index is 14.2. The third kappa shape index (κ3) is 2.03. The van der Waals surface area contributed by atoms with Crippen LogP contribution in [-0.2, 0) is 0 Å². The second kappa shape index (κ2) is 4.77. The number of furan rings is 1. The van der Waals surface area contributed by atoms with Gasteiger partial charge in [0, 0.05) is 18.0 Å². The summed E-state index contributed by atoms with van der Waals surface area (Å²) in [4.78, 5) is 14.7. The van der Waals surface area contributed by atoms with Gasteiger partial charge in [-0.25, -0.2) is 9.37 Å². The summed E-state index contributed by atoms with van der Waals surface area (Å²) in [5.74, 6) is 1.00. The van der Waals surface area contributed by atoms with Crippen LogP contribution in [0.4, 0.5) is 4.39 Å². The summed E-state index contributed by atoms with van der Waals surface area (Å²) in [5, 5.41) is 0. The van der Waals surface area contributed by atoms with Crippen LogP contribution in [0.15, 0.2) is 47.1 Å². The Bertz CT molecular complexity index is 774. The van der Waals surface area contributed by atoms with Crippen molar-refractivity contribution in [3.8, 4) is 17.0 Å². The Balaban J connectivity index is 2.03. The van der Waals surface area contributed by atoms with Gasteiger partial charge >= 0.3 is 0 Å². The van der Waals surface area contributed by atoms with Gasteiger partial charge in [-0.2, -0.15) is 0 Å². The van der Waals surface area contributed by atoms with Crippen LogP contribution < -0.4 is 0 Å². The van der Waals surface area contributed by atoms with Gasteiger partial charge in [0.05, 0.1) is 5.69 Å². The zero-order valence-corrected chi connectivity index (χ0v) is 10.7. The molecule has 0 radical (unpaired) electrons. The van der Waals surface area contributed by atoms with E-state index in [4.69, 9.17) is 4.42 Å². The Kier molecular flexibility index (Phi) is 2.95. The van der Waals surface area contributed by atoms with Crippen molar-refractivity contribution in [1.82, 2.24) is 9.55 Å². The second-order valence-corrected chi connectivity index (χ2v) is 4.33. The first-order valence-corrected chi connectivity index (χ1v) is 6.04. The number of carbonyl (C=O) groups is 1. The van der Waals surface area contributed by atoms with Crippen LogP contribution in [0.1, 0.15) is 16.4 Å². The van der Waals surface area contributed by atoms with Gasteiger partial charge in [-0.15, -0.1) is 0 Å². The first-order valence-electron chi connectivity index (χ1n) is 6.04. The molecule has 100 valence electrons. The fourth-order valence-electron chi connectivity index (χ4n) is 2.06. The van der Waals surface area contributed by atoms with Gasteiger partial charge in [-0.3, -0.25) is 4.79 Å². The zero-order chi connectivity index (χ0) is 14.1. The Morgan fingerprint density at radius 3 is 2.75 bits per heavy atom. The van der Waals surface area contributed by atoms with Crippen LogP contribution >= 0.6 is 0 Å². The molecule has 0 bridgehead atoms. The molecular formula is C15H11FN2O2. The zero-order valence-electron chi connectivity index (χ0n) is 10.7. The summed E-state index contributed by atoms with van der Waals surface area (Å²) >= 11 is 0. The SMILES string of the molecule is Cc1nccn1-c1ccc(-c2ccc(C=O)o2)cc1F. The summed E-state index contributed by atoms with van der Waals surface area (Å²) in [5.41, 5.74) is 1.00. The lowest BCUT2D eigenvalue weighted by molar-refractivity contribution is 0.110. The highest BCUT2D eigenvalue weighted by atomic mass is 19.1. The maximum Gasteiger partial charge on any atom is 0.185 e. The number of hydrogen-bond acceptors (Lipinski definition) is 3. The Hall–Kier alpha value is -2.69. The smallest absolute Gasteiger partial charge is 0.185 e. The number of aryl methyl sites for hydroxylation is 1. The topological polar surface area (TPSA) is 48.0 Å². The molecule has 0 aliphatic heterocycles. The number of halogens is 1. The Labute approximate surface area is 114 Å². The van der Waals surface area contributed by atoms with Crippen molar-refractivity contribution in [2.45, 2.75) is 6.92 Å². The van der Waals surface area contributed by atoms with E-state index >= 15 is 0 Å². The van der Waals surface area contributed by atoms with Crippen LogP contribution in [0.25, 0.3) is 17.0 Å². The van der Waals surface area contributed by atoms with E-state index in [1.54, 1.807) is 48.1 Å². The van der Waals surface area contributed by atoms with Gasteiger partial charge in [-0.05, 0) is 37.3 Å². The molecule has 0 saturated carbocycles. The van der Waals surface area contributed by atoms with Crippen molar-refractivity contribution in [3.05, 3.63) is 60.1 Å². The van der Waals surface area contributed by atoms with Crippen LogP contribution in [0.2, 0.25) is 0 Å². The molecule has 5 heteroatoms. The van der Waals surface area contributed by atoms with Crippen LogP contribution in [0, 0.1) is 12.7 Å². The van der Waals surface area contributed by atoms with Crippen molar-refractivity contribution in [2.24, 2.45) is 0 Å².